The van der Waals surface area contributed by atoms with E-state index in [4.69, 9.17) is 4.74 Å². The fourth-order valence-corrected chi connectivity index (χ4v) is 4.43. The number of amides is 2. The van der Waals surface area contributed by atoms with Crippen LogP contribution in [0.1, 0.15) is 46.3 Å². The number of piperidine rings is 1. The van der Waals surface area contributed by atoms with E-state index in [0.717, 1.165) is 5.56 Å². The van der Waals surface area contributed by atoms with Crippen molar-refractivity contribution in [3.8, 4) is 0 Å². The molecule has 1 unspecified atom stereocenters. The standard InChI is InChI=1S/C25H26FN5O3/c1-16-2-4-17(5-3-16)22-14-31-21(15-34-22)23(28-29-31)25(33)30-12-10-18(11-13-30)24(32)27-20-8-6-19(26)7-9-20/h2-9,18,22H,10-15H2,1H3,(H,27,32). The zero-order valence-electron chi connectivity index (χ0n) is 18.9. The van der Waals surface area contributed by atoms with Crippen molar-refractivity contribution >= 4 is 17.5 Å². The molecule has 0 aliphatic carbocycles. The minimum Gasteiger partial charge on any atom is -0.365 e. The molecule has 1 fully saturated rings. The molecule has 3 heterocycles. The van der Waals surface area contributed by atoms with E-state index in [1.54, 1.807) is 9.58 Å². The molecular weight excluding hydrogens is 437 g/mol. The zero-order valence-corrected chi connectivity index (χ0v) is 18.9. The molecular formula is C25H26FN5O3. The van der Waals surface area contributed by atoms with E-state index in [0.29, 0.717) is 49.6 Å². The van der Waals surface area contributed by atoms with E-state index in [-0.39, 0.29) is 36.3 Å². The van der Waals surface area contributed by atoms with E-state index in [1.165, 1.54) is 29.8 Å². The van der Waals surface area contributed by atoms with Gasteiger partial charge in [0.1, 0.15) is 11.9 Å². The Morgan fingerprint density at radius 2 is 1.76 bits per heavy atom. The Labute approximate surface area is 196 Å². The molecule has 176 valence electrons. The summed E-state index contributed by atoms with van der Waals surface area (Å²) in [4.78, 5) is 27.4. The summed E-state index contributed by atoms with van der Waals surface area (Å²) in [6.45, 7) is 3.73. The van der Waals surface area contributed by atoms with Crippen molar-refractivity contribution in [1.29, 1.82) is 0 Å². The van der Waals surface area contributed by atoms with Gasteiger partial charge in [-0.25, -0.2) is 9.07 Å². The van der Waals surface area contributed by atoms with Crippen molar-refractivity contribution < 1.29 is 18.7 Å². The number of aryl methyl sites for hydroxylation is 1. The van der Waals surface area contributed by atoms with Gasteiger partial charge in [-0.2, -0.15) is 0 Å². The molecule has 1 aromatic heterocycles. The van der Waals surface area contributed by atoms with Crippen molar-refractivity contribution in [2.24, 2.45) is 5.92 Å². The Morgan fingerprint density at radius 3 is 2.47 bits per heavy atom. The van der Waals surface area contributed by atoms with E-state index in [1.807, 2.05) is 31.2 Å². The van der Waals surface area contributed by atoms with Gasteiger partial charge in [-0.05, 0) is 49.6 Å². The topological polar surface area (TPSA) is 89.4 Å². The number of rotatable bonds is 4. The maximum Gasteiger partial charge on any atom is 0.276 e. The molecule has 2 aromatic carbocycles. The number of nitrogens with one attached hydrogen (secondary N) is 1. The molecule has 2 aliphatic rings. The van der Waals surface area contributed by atoms with Crippen LogP contribution in [0, 0.1) is 18.7 Å². The van der Waals surface area contributed by atoms with Crippen molar-refractivity contribution in [1.82, 2.24) is 19.9 Å². The van der Waals surface area contributed by atoms with Crippen molar-refractivity contribution in [2.75, 3.05) is 18.4 Å². The molecule has 9 heteroatoms. The van der Waals surface area contributed by atoms with E-state index in [2.05, 4.69) is 15.6 Å². The third kappa shape index (κ3) is 4.56. The number of nitrogens with zero attached hydrogens (tertiary/aromatic N) is 4. The van der Waals surface area contributed by atoms with Gasteiger partial charge < -0.3 is 15.0 Å². The molecule has 2 aliphatic heterocycles. The van der Waals surface area contributed by atoms with Gasteiger partial charge in [0.15, 0.2) is 5.69 Å². The molecule has 1 atom stereocenters. The average Bonchev–Trinajstić information content (AvgIpc) is 3.29. The van der Waals surface area contributed by atoms with E-state index >= 15 is 0 Å². The number of halogens is 1. The third-order valence-electron chi connectivity index (χ3n) is 6.51. The molecule has 0 bridgehead atoms. The summed E-state index contributed by atoms with van der Waals surface area (Å²) in [5.41, 5.74) is 3.82. The fraction of sp³-hybridized carbons (Fsp3) is 0.360. The highest BCUT2D eigenvalue weighted by Gasteiger charge is 2.33. The SMILES string of the molecule is Cc1ccc(C2Cn3nnc(C(=O)N4CCC(C(=O)Nc5ccc(F)cc5)CC4)c3CO2)cc1. The lowest BCUT2D eigenvalue weighted by atomic mass is 9.95. The van der Waals surface area contributed by atoms with Crippen LogP contribution in [0.15, 0.2) is 48.5 Å². The van der Waals surface area contributed by atoms with Gasteiger partial charge in [0.25, 0.3) is 5.91 Å². The third-order valence-corrected chi connectivity index (χ3v) is 6.51. The average molecular weight is 464 g/mol. The van der Waals surface area contributed by atoms with Gasteiger partial charge in [-0.3, -0.25) is 9.59 Å². The molecule has 1 N–H and O–H groups in total. The number of likely N-dealkylation sites (tertiary alicyclic amines) is 1. The number of anilines is 1. The van der Waals surface area contributed by atoms with Crippen LogP contribution in [0.4, 0.5) is 10.1 Å². The highest BCUT2D eigenvalue weighted by Crippen LogP contribution is 2.28. The van der Waals surface area contributed by atoms with Gasteiger partial charge in [0, 0.05) is 24.7 Å². The number of hydrogen-bond donors (Lipinski definition) is 1. The minimum absolute atomic E-state index is 0.115. The summed E-state index contributed by atoms with van der Waals surface area (Å²) in [5.74, 6) is -0.857. The Balaban J connectivity index is 1.18. The number of carbonyl (C=O) groups excluding carboxylic acids is 2. The Kier molecular flexibility index (Phi) is 6.10. The van der Waals surface area contributed by atoms with Crippen LogP contribution in [0.3, 0.4) is 0 Å². The second kappa shape index (κ2) is 9.34. The van der Waals surface area contributed by atoms with Crippen molar-refractivity contribution in [2.45, 2.75) is 39.0 Å². The molecule has 0 saturated carbocycles. The van der Waals surface area contributed by atoms with Crippen LogP contribution in [0.2, 0.25) is 0 Å². The summed E-state index contributed by atoms with van der Waals surface area (Å²) in [6.07, 6.45) is 0.968. The lowest BCUT2D eigenvalue weighted by Gasteiger charge is -2.31. The molecule has 34 heavy (non-hydrogen) atoms. The Morgan fingerprint density at radius 1 is 1.06 bits per heavy atom. The van der Waals surface area contributed by atoms with E-state index in [9.17, 15) is 14.0 Å². The Hall–Kier alpha value is -3.59. The molecule has 0 spiro atoms. The molecule has 5 rings (SSSR count). The number of hydrogen-bond acceptors (Lipinski definition) is 5. The fourth-order valence-electron chi connectivity index (χ4n) is 4.43. The number of ether oxygens (including phenoxy) is 1. The molecule has 8 nitrogen and oxygen atoms in total. The summed E-state index contributed by atoms with van der Waals surface area (Å²) in [7, 11) is 0. The van der Waals surface area contributed by atoms with Gasteiger partial charge in [-0.1, -0.05) is 35.0 Å². The van der Waals surface area contributed by atoms with Gasteiger partial charge in [0.05, 0.1) is 18.8 Å². The lowest BCUT2D eigenvalue weighted by molar-refractivity contribution is -0.121. The number of carbonyl (C=O) groups is 2. The second-order valence-corrected chi connectivity index (χ2v) is 8.84. The minimum atomic E-state index is -0.350. The molecule has 3 aromatic rings. The van der Waals surface area contributed by atoms with Crippen LogP contribution >= 0.6 is 0 Å². The highest BCUT2D eigenvalue weighted by atomic mass is 19.1. The summed E-state index contributed by atoms with van der Waals surface area (Å²) in [5, 5.41) is 11.2. The first-order valence-electron chi connectivity index (χ1n) is 11.4. The highest BCUT2D eigenvalue weighted by molar-refractivity contribution is 5.94. The summed E-state index contributed by atoms with van der Waals surface area (Å²) in [6, 6.07) is 13.9. The van der Waals surface area contributed by atoms with Crippen LogP contribution in [-0.2, 0) is 22.7 Å². The lowest BCUT2D eigenvalue weighted by Crippen LogP contribution is -2.42. The molecule has 2 amide bonds. The first-order valence-corrected chi connectivity index (χ1v) is 11.4. The predicted molar refractivity (Wildman–Crippen MR) is 122 cm³/mol. The maximum absolute atomic E-state index is 13.1. The number of fused-ring (bicyclic) bond motifs is 1. The van der Waals surface area contributed by atoms with Crippen LogP contribution in [0.25, 0.3) is 0 Å². The number of benzene rings is 2. The summed E-state index contributed by atoms with van der Waals surface area (Å²) < 4.78 is 20.8. The second-order valence-electron chi connectivity index (χ2n) is 8.84. The Bertz CT molecular complexity index is 1180. The first-order chi connectivity index (χ1) is 16.5. The van der Waals surface area contributed by atoms with Gasteiger partial charge in [0.2, 0.25) is 5.91 Å². The van der Waals surface area contributed by atoms with Crippen molar-refractivity contribution in [3.05, 3.63) is 76.9 Å². The van der Waals surface area contributed by atoms with Crippen LogP contribution in [0.5, 0.6) is 0 Å². The van der Waals surface area contributed by atoms with Gasteiger partial charge in [-0.15, -0.1) is 5.10 Å². The smallest absolute Gasteiger partial charge is 0.276 e. The van der Waals surface area contributed by atoms with Crippen LogP contribution in [-0.4, -0.2) is 44.8 Å². The predicted octanol–water partition coefficient (Wildman–Crippen LogP) is 3.49. The molecule has 0 radical (unpaired) electrons. The van der Waals surface area contributed by atoms with Crippen molar-refractivity contribution in [3.63, 3.8) is 0 Å². The zero-order chi connectivity index (χ0) is 23.7. The monoisotopic (exact) mass is 463 g/mol. The quantitative estimate of drug-likeness (QED) is 0.640. The maximum atomic E-state index is 13.1. The number of aromatic nitrogens is 3. The molecule has 1 saturated heterocycles. The van der Waals surface area contributed by atoms with Crippen LogP contribution < -0.4 is 5.32 Å². The summed E-state index contributed by atoms with van der Waals surface area (Å²) >= 11 is 0. The van der Waals surface area contributed by atoms with E-state index < -0.39 is 0 Å². The van der Waals surface area contributed by atoms with Gasteiger partial charge >= 0.3 is 0 Å². The normalized spacial score (nSPS) is 18.4. The first kappa shape index (κ1) is 22.2. The largest absolute Gasteiger partial charge is 0.365 e.